The van der Waals surface area contributed by atoms with Crippen LogP contribution in [0.2, 0.25) is 0 Å². The van der Waals surface area contributed by atoms with Crippen LogP contribution in [-0.4, -0.2) is 37.6 Å². The van der Waals surface area contributed by atoms with E-state index in [2.05, 4.69) is 5.32 Å². The molecule has 0 bridgehead atoms. The lowest BCUT2D eigenvalue weighted by Crippen LogP contribution is -2.49. The van der Waals surface area contributed by atoms with Gasteiger partial charge in [-0.1, -0.05) is 20.8 Å². The second-order valence-corrected chi connectivity index (χ2v) is 4.65. The van der Waals surface area contributed by atoms with E-state index < -0.39 is 11.9 Å². The summed E-state index contributed by atoms with van der Waals surface area (Å²) in [5.74, 6) is -0.757. The van der Waals surface area contributed by atoms with Gasteiger partial charge in [0, 0.05) is 6.54 Å². The van der Waals surface area contributed by atoms with Gasteiger partial charge >= 0.3 is 0 Å². The Balaban J connectivity index is 3.70. The minimum Gasteiger partial charge on any atom is -0.370 e. The smallest absolute Gasteiger partial charge is 0.243 e. The van der Waals surface area contributed by atoms with Crippen molar-refractivity contribution < 1.29 is 14.3 Å². The number of nitrogens with two attached hydrogens (primary N) is 2. The highest BCUT2D eigenvalue weighted by Gasteiger charge is 2.26. The lowest BCUT2D eigenvalue weighted by atomic mass is 9.87. The van der Waals surface area contributed by atoms with Gasteiger partial charge in [-0.15, -0.1) is 0 Å². The Labute approximate surface area is 95.7 Å². The summed E-state index contributed by atoms with van der Waals surface area (Å²) in [7, 11) is 0. The number of carbonyl (C=O) groups is 2. The molecular formula is C10H21N3O3. The normalized spacial score (nSPS) is 13.2. The minimum atomic E-state index is -0.566. The quantitative estimate of drug-likeness (QED) is 0.508. The molecule has 0 aromatic heterocycles. The molecule has 0 aromatic carbocycles. The molecule has 0 heterocycles. The molecule has 0 rings (SSSR count). The predicted octanol–water partition coefficient (Wildman–Crippen LogP) is -1.02. The van der Waals surface area contributed by atoms with E-state index in [0.29, 0.717) is 6.54 Å². The third kappa shape index (κ3) is 6.36. The van der Waals surface area contributed by atoms with Gasteiger partial charge in [0.1, 0.15) is 6.61 Å². The third-order valence-electron chi connectivity index (χ3n) is 2.01. The molecule has 0 aliphatic carbocycles. The molecule has 0 saturated carbocycles. The first-order chi connectivity index (χ1) is 7.25. The standard InChI is InChI=1S/C10H21N3O3/c1-10(2,3)8(12)9(15)13-4-5-16-6-7(11)14/h8H,4-6,12H2,1-3H3,(H2,11,14)(H,13,15)/t8-/m0/s1. The zero-order chi connectivity index (χ0) is 12.8. The maximum absolute atomic E-state index is 11.5. The Morgan fingerprint density at radius 2 is 1.94 bits per heavy atom. The summed E-state index contributed by atoms with van der Waals surface area (Å²) in [5.41, 5.74) is 10.3. The molecule has 16 heavy (non-hydrogen) atoms. The molecule has 0 aliphatic rings. The summed E-state index contributed by atoms with van der Waals surface area (Å²) in [6.07, 6.45) is 0. The molecule has 0 aliphatic heterocycles. The number of ether oxygens (including phenoxy) is 1. The number of rotatable bonds is 6. The number of nitrogens with one attached hydrogen (secondary N) is 1. The monoisotopic (exact) mass is 231 g/mol. The van der Waals surface area contributed by atoms with Crippen molar-refractivity contribution in [2.24, 2.45) is 16.9 Å². The topological polar surface area (TPSA) is 107 Å². The Morgan fingerprint density at radius 3 is 2.38 bits per heavy atom. The third-order valence-corrected chi connectivity index (χ3v) is 2.01. The first kappa shape index (κ1) is 14.9. The Hall–Kier alpha value is -1.14. The highest BCUT2D eigenvalue weighted by atomic mass is 16.5. The van der Waals surface area contributed by atoms with Gasteiger partial charge in [0.15, 0.2) is 0 Å². The largest absolute Gasteiger partial charge is 0.370 e. The van der Waals surface area contributed by atoms with E-state index in [0.717, 1.165) is 0 Å². The van der Waals surface area contributed by atoms with Crippen molar-refractivity contribution >= 4 is 11.8 Å². The van der Waals surface area contributed by atoms with Gasteiger partial charge in [-0.3, -0.25) is 9.59 Å². The van der Waals surface area contributed by atoms with E-state index in [4.69, 9.17) is 16.2 Å². The van der Waals surface area contributed by atoms with Gasteiger partial charge in [0.25, 0.3) is 0 Å². The summed E-state index contributed by atoms with van der Waals surface area (Å²) in [6, 6.07) is -0.566. The molecule has 0 fully saturated rings. The summed E-state index contributed by atoms with van der Waals surface area (Å²) < 4.78 is 4.88. The van der Waals surface area contributed by atoms with Gasteiger partial charge in [-0.05, 0) is 5.41 Å². The van der Waals surface area contributed by atoms with Gasteiger partial charge in [-0.2, -0.15) is 0 Å². The number of hydrogen-bond acceptors (Lipinski definition) is 4. The molecule has 5 N–H and O–H groups in total. The van der Waals surface area contributed by atoms with Crippen LogP contribution in [0.5, 0.6) is 0 Å². The van der Waals surface area contributed by atoms with Crippen molar-refractivity contribution in [2.45, 2.75) is 26.8 Å². The van der Waals surface area contributed by atoms with Crippen LogP contribution in [0.1, 0.15) is 20.8 Å². The molecule has 1 atom stereocenters. The van der Waals surface area contributed by atoms with Crippen molar-refractivity contribution in [1.82, 2.24) is 5.32 Å². The predicted molar refractivity (Wildman–Crippen MR) is 60.5 cm³/mol. The van der Waals surface area contributed by atoms with Crippen molar-refractivity contribution in [3.8, 4) is 0 Å². The molecule has 0 radical (unpaired) electrons. The first-order valence-corrected chi connectivity index (χ1v) is 5.14. The highest BCUT2D eigenvalue weighted by molar-refractivity contribution is 5.82. The average molecular weight is 231 g/mol. The van der Waals surface area contributed by atoms with Gasteiger partial charge in [0.2, 0.25) is 11.8 Å². The summed E-state index contributed by atoms with van der Waals surface area (Å²) in [4.78, 5) is 21.8. The van der Waals surface area contributed by atoms with E-state index in [1.807, 2.05) is 20.8 Å². The van der Waals surface area contributed by atoms with Crippen molar-refractivity contribution in [1.29, 1.82) is 0 Å². The fourth-order valence-electron chi connectivity index (χ4n) is 0.922. The van der Waals surface area contributed by atoms with Crippen molar-refractivity contribution in [3.05, 3.63) is 0 Å². The van der Waals surface area contributed by atoms with Gasteiger partial charge in [-0.25, -0.2) is 0 Å². The zero-order valence-electron chi connectivity index (χ0n) is 10.1. The fourth-order valence-corrected chi connectivity index (χ4v) is 0.922. The average Bonchev–Trinajstić information content (AvgIpc) is 2.13. The Bertz CT molecular complexity index is 248. The van der Waals surface area contributed by atoms with Crippen LogP contribution in [-0.2, 0) is 14.3 Å². The van der Waals surface area contributed by atoms with E-state index in [-0.39, 0.29) is 24.5 Å². The van der Waals surface area contributed by atoms with Crippen LogP contribution in [0.3, 0.4) is 0 Å². The summed E-state index contributed by atoms with van der Waals surface area (Å²) >= 11 is 0. The van der Waals surface area contributed by atoms with Crippen molar-refractivity contribution in [2.75, 3.05) is 19.8 Å². The number of carbonyl (C=O) groups excluding carboxylic acids is 2. The summed E-state index contributed by atoms with van der Waals surface area (Å²) in [6.45, 7) is 6.09. The van der Waals surface area contributed by atoms with E-state index >= 15 is 0 Å². The van der Waals surface area contributed by atoms with E-state index in [9.17, 15) is 9.59 Å². The molecule has 0 aromatic rings. The van der Waals surface area contributed by atoms with Crippen molar-refractivity contribution in [3.63, 3.8) is 0 Å². The Morgan fingerprint density at radius 1 is 1.38 bits per heavy atom. The molecule has 0 saturated heterocycles. The van der Waals surface area contributed by atoms with E-state index in [1.54, 1.807) is 0 Å². The second kappa shape index (κ2) is 6.44. The Kier molecular flexibility index (Phi) is 5.98. The highest BCUT2D eigenvalue weighted by Crippen LogP contribution is 2.16. The molecule has 6 nitrogen and oxygen atoms in total. The summed E-state index contributed by atoms with van der Waals surface area (Å²) in [5, 5.41) is 2.62. The lowest BCUT2D eigenvalue weighted by molar-refractivity contribution is -0.124. The van der Waals surface area contributed by atoms with Crippen LogP contribution >= 0.6 is 0 Å². The molecule has 0 unspecified atom stereocenters. The number of hydrogen-bond donors (Lipinski definition) is 3. The zero-order valence-corrected chi connectivity index (χ0v) is 10.1. The maximum Gasteiger partial charge on any atom is 0.243 e. The SMILES string of the molecule is CC(C)(C)[C@@H](N)C(=O)NCCOCC(N)=O. The molecule has 0 spiro atoms. The van der Waals surface area contributed by atoms with E-state index in [1.165, 1.54) is 0 Å². The molecular weight excluding hydrogens is 210 g/mol. The van der Waals surface area contributed by atoms with Gasteiger partial charge in [0.05, 0.1) is 12.6 Å². The minimum absolute atomic E-state index is 0.138. The van der Waals surface area contributed by atoms with Crippen LogP contribution < -0.4 is 16.8 Å². The molecule has 94 valence electrons. The number of primary amides is 1. The molecule has 6 heteroatoms. The van der Waals surface area contributed by atoms with Crippen LogP contribution in [0.4, 0.5) is 0 Å². The van der Waals surface area contributed by atoms with Crippen LogP contribution in [0.25, 0.3) is 0 Å². The van der Waals surface area contributed by atoms with Gasteiger partial charge < -0.3 is 21.5 Å². The first-order valence-electron chi connectivity index (χ1n) is 5.14. The lowest BCUT2D eigenvalue weighted by Gasteiger charge is -2.25. The van der Waals surface area contributed by atoms with Crippen LogP contribution in [0.15, 0.2) is 0 Å². The maximum atomic E-state index is 11.5. The second-order valence-electron chi connectivity index (χ2n) is 4.65. The van der Waals surface area contributed by atoms with Crippen LogP contribution in [0, 0.1) is 5.41 Å². The molecule has 2 amide bonds. The fraction of sp³-hybridized carbons (Fsp3) is 0.800. The number of amides is 2.